The molecule has 1 aliphatic carbocycles. The lowest BCUT2D eigenvalue weighted by molar-refractivity contribution is 0.464. The monoisotopic (exact) mass is 266 g/mol. The predicted molar refractivity (Wildman–Crippen MR) is 82.7 cm³/mol. The van der Waals surface area contributed by atoms with E-state index in [1.54, 1.807) is 0 Å². The van der Waals surface area contributed by atoms with Crippen LogP contribution >= 0.6 is 0 Å². The number of benzene rings is 1. The molecule has 20 heavy (non-hydrogen) atoms. The zero-order valence-corrected chi connectivity index (χ0v) is 12.0. The number of rotatable bonds is 6. The lowest BCUT2D eigenvalue weighted by Gasteiger charge is -2.18. The van der Waals surface area contributed by atoms with Crippen LogP contribution < -0.4 is 5.32 Å². The van der Waals surface area contributed by atoms with Crippen molar-refractivity contribution in [1.29, 1.82) is 0 Å². The summed E-state index contributed by atoms with van der Waals surface area (Å²) < 4.78 is 0. The minimum Gasteiger partial charge on any atom is -0.314 e. The molecule has 0 spiro atoms. The lowest BCUT2D eigenvalue weighted by atomic mass is 9.99. The van der Waals surface area contributed by atoms with E-state index < -0.39 is 0 Å². The van der Waals surface area contributed by atoms with Gasteiger partial charge in [0.1, 0.15) is 0 Å². The first-order valence-corrected chi connectivity index (χ1v) is 7.55. The van der Waals surface area contributed by atoms with E-state index >= 15 is 0 Å². The van der Waals surface area contributed by atoms with E-state index in [1.807, 2.05) is 18.5 Å². The zero-order chi connectivity index (χ0) is 13.8. The summed E-state index contributed by atoms with van der Waals surface area (Å²) in [7, 11) is 0. The summed E-state index contributed by atoms with van der Waals surface area (Å²) >= 11 is 0. The SMILES string of the molecule is CCNC(Cc1cccnc1)C1CC1c1ccccc1. The molecule has 0 aliphatic heterocycles. The van der Waals surface area contributed by atoms with Gasteiger partial charge in [-0.05, 0) is 48.4 Å². The molecule has 2 aromatic rings. The average molecular weight is 266 g/mol. The first-order chi connectivity index (χ1) is 9.88. The predicted octanol–water partition coefficient (Wildman–Crippen LogP) is 3.41. The Morgan fingerprint density at radius 1 is 1.20 bits per heavy atom. The fraction of sp³-hybridized carbons (Fsp3) is 0.389. The molecule has 104 valence electrons. The van der Waals surface area contributed by atoms with Crippen LogP contribution in [0.1, 0.15) is 30.4 Å². The molecule has 1 heterocycles. The maximum Gasteiger partial charge on any atom is 0.0300 e. The highest BCUT2D eigenvalue weighted by Gasteiger charge is 2.43. The van der Waals surface area contributed by atoms with Gasteiger partial charge in [-0.25, -0.2) is 0 Å². The van der Waals surface area contributed by atoms with Crippen LogP contribution in [0.4, 0.5) is 0 Å². The maximum absolute atomic E-state index is 4.23. The second kappa shape index (κ2) is 6.19. The van der Waals surface area contributed by atoms with Gasteiger partial charge in [-0.15, -0.1) is 0 Å². The fourth-order valence-electron chi connectivity index (χ4n) is 3.15. The number of hydrogen-bond donors (Lipinski definition) is 1. The van der Waals surface area contributed by atoms with Gasteiger partial charge in [-0.3, -0.25) is 4.98 Å². The molecule has 2 heteroatoms. The van der Waals surface area contributed by atoms with E-state index in [4.69, 9.17) is 0 Å². The van der Waals surface area contributed by atoms with E-state index in [1.165, 1.54) is 17.5 Å². The standard InChI is InChI=1S/C18H22N2/c1-2-20-18(11-14-7-6-10-19-13-14)17-12-16(17)15-8-4-3-5-9-15/h3-10,13,16-18,20H,2,11-12H2,1H3. The Hall–Kier alpha value is -1.67. The highest BCUT2D eigenvalue weighted by atomic mass is 14.9. The highest BCUT2D eigenvalue weighted by molar-refractivity contribution is 5.27. The van der Waals surface area contributed by atoms with Crippen LogP contribution in [0, 0.1) is 5.92 Å². The van der Waals surface area contributed by atoms with Crippen LogP contribution in [0.5, 0.6) is 0 Å². The fourth-order valence-corrected chi connectivity index (χ4v) is 3.15. The molecule has 3 rings (SSSR count). The van der Waals surface area contributed by atoms with Crippen LogP contribution in [0.2, 0.25) is 0 Å². The third-order valence-electron chi connectivity index (χ3n) is 4.23. The van der Waals surface area contributed by atoms with Crippen LogP contribution in [0.25, 0.3) is 0 Å². The van der Waals surface area contributed by atoms with Gasteiger partial charge in [0.15, 0.2) is 0 Å². The minimum absolute atomic E-state index is 0.564. The third-order valence-corrected chi connectivity index (χ3v) is 4.23. The largest absolute Gasteiger partial charge is 0.314 e. The number of likely N-dealkylation sites (N-methyl/N-ethyl adjacent to an activating group) is 1. The number of nitrogens with one attached hydrogen (secondary N) is 1. The van der Waals surface area contributed by atoms with Crippen LogP contribution in [-0.2, 0) is 6.42 Å². The van der Waals surface area contributed by atoms with Gasteiger partial charge in [0.25, 0.3) is 0 Å². The third kappa shape index (κ3) is 3.07. The molecule has 0 amide bonds. The van der Waals surface area contributed by atoms with Gasteiger partial charge in [0.05, 0.1) is 0 Å². The highest BCUT2D eigenvalue weighted by Crippen LogP contribution is 2.49. The van der Waals surface area contributed by atoms with E-state index in [-0.39, 0.29) is 0 Å². The number of aromatic nitrogens is 1. The van der Waals surface area contributed by atoms with Crippen molar-refractivity contribution < 1.29 is 0 Å². The minimum atomic E-state index is 0.564. The van der Waals surface area contributed by atoms with Crippen molar-refractivity contribution in [3.8, 4) is 0 Å². The second-order valence-corrected chi connectivity index (χ2v) is 5.65. The van der Waals surface area contributed by atoms with Gasteiger partial charge >= 0.3 is 0 Å². The van der Waals surface area contributed by atoms with Crippen molar-refractivity contribution in [2.75, 3.05) is 6.54 Å². The van der Waals surface area contributed by atoms with E-state index in [2.05, 4.69) is 53.6 Å². The summed E-state index contributed by atoms with van der Waals surface area (Å²) in [6.07, 6.45) is 6.22. The number of nitrogens with zero attached hydrogens (tertiary/aromatic N) is 1. The Kier molecular flexibility index (Phi) is 4.12. The molecule has 0 bridgehead atoms. The Morgan fingerprint density at radius 3 is 2.75 bits per heavy atom. The quantitative estimate of drug-likeness (QED) is 0.866. The first kappa shape index (κ1) is 13.3. The maximum atomic E-state index is 4.23. The molecule has 1 aliphatic rings. The van der Waals surface area contributed by atoms with Crippen molar-refractivity contribution in [3.63, 3.8) is 0 Å². The van der Waals surface area contributed by atoms with Crippen molar-refractivity contribution in [2.24, 2.45) is 5.92 Å². The Morgan fingerprint density at radius 2 is 2.05 bits per heavy atom. The van der Waals surface area contributed by atoms with Crippen molar-refractivity contribution >= 4 is 0 Å². The molecule has 2 nitrogen and oxygen atoms in total. The first-order valence-electron chi connectivity index (χ1n) is 7.55. The van der Waals surface area contributed by atoms with Crippen molar-refractivity contribution in [2.45, 2.75) is 31.7 Å². The summed E-state index contributed by atoms with van der Waals surface area (Å²) in [6.45, 7) is 3.22. The molecule has 3 atom stereocenters. The van der Waals surface area contributed by atoms with Gasteiger partial charge in [-0.1, -0.05) is 43.3 Å². The molecule has 1 saturated carbocycles. The van der Waals surface area contributed by atoms with Crippen LogP contribution in [-0.4, -0.2) is 17.6 Å². The Balaban J connectivity index is 1.67. The van der Waals surface area contributed by atoms with Crippen LogP contribution in [0.15, 0.2) is 54.9 Å². The van der Waals surface area contributed by atoms with E-state index in [0.29, 0.717) is 6.04 Å². The normalized spacial score (nSPS) is 22.4. The summed E-state index contributed by atoms with van der Waals surface area (Å²) in [4.78, 5) is 4.23. The summed E-state index contributed by atoms with van der Waals surface area (Å²) in [5.41, 5.74) is 2.82. The van der Waals surface area contributed by atoms with Gasteiger partial charge < -0.3 is 5.32 Å². The summed E-state index contributed by atoms with van der Waals surface area (Å²) in [5.74, 6) is 1.49. The molecular weight excluding hydrogens is 244 g/mol. The van der Waals surface area contributed by atoms with Crippen LogP contribution in [0.3, 0.4) is 0 Å². The zero-order valence-electron chi connectivity index (χ0n) is 12.0. The molecule has 1 N–H and O–H groups in total. The Bertz CT molecular complexity index is 524. The lowest BCUT2D eigenvalue weighted by Crippen LogP contribution is -2.33. The summed E-state index contributed by atoms with van der Waals surface area (Å²) in [6, 6.07) is 15.7. The van der Waals surface area contributed by atoms with Crippen molar-refractivity contribution in [3.05, 3.63) is 66.0 Å². The number of pyridine rings is 1. The van der Waals surface area contributed by atoms with Gasteiger partial charge in [0.2, 0.25) is 0 Å². The van der Waals surface area contributed by atoms with Crippen molar-refractivity contribution in [1.82, 2.24) is 10.3 Å². The molecular formula is C18H22N2. The molecule has 0 saturated heterocycles. The summed E-state index contributed by atoms with van der Waals surface area (Å²) in [5, 5.41) is 3.66. The Labute approximate surface area is 121 Å². The van der Waals surface area contributed by atoms with Gasteiger partial charge in [-0.2, -0.15) is 0 Å². The molecule has 3 unspecified atom stereocenters. The number of hydrogen-bond acceptors (Lipinski definition) is 2. The molecule has 0 radical (unpaired) electrons. The molecule has 1 fully saturated rings. The average Bonchev–Trinajstić information content (AvgIpc) is 3.29. The smallest absolute Gasteiger partial charge is 0.0300 e. The molecule has 1 aromatic carbocycles. The van der Waals surface area contributed by atoms with E-state index in [0.717, 1.165) is 24.8 Å². The second-order valence-electron chi connectivity index (χ2n) is 5.65. The van der Waals surface area contributed by atoms with E-state index in [9.17, 15) is 0 Å². The van der Waals surface area contributed by atoms with Gasteiger partial charge in [0, 0.05) is 18.4 Å². The molecule has 1 aromatic heterocycles. The topological polar surface area (TPSA) is 24.9 Å².